The number of hydrogen-bond donors (Lipinski definition) is 0. The molecule has 1 aromatic heterocycles. The van der Waals surface area contributed by atoms with Crippen LogP contribution in [0.4, 0.5) is 0 Å². The van der Waals surface area contributed by atoms with Gasteiger partial charge in [0.05, 0.1) is 0 Å². The van der Waals surface area contributed by atoms with E-state index in [1.54, 1.807) is 0 Å². The summed E-state index contributed by atoms with van der Waals surface area (Å²) in [6, 6.07) is 81.0. The average Bonchev–Trinajstić information content (AvgIpc) is 3.85. The SMILES string of the molecule is CC1(C)c2ccc(-c3ccc4oc5ccc(-c6c7ccccc7c(-c7ccccc7-c7cc8ccccc8c8ccccc78)c7ccccc67)cc5c4c3)cc2-c2ccc3ccccc3c21. The van der Waals surface area contributed by atoms with Gasteiger partial charge in [0.2, 0.25) is 0 Å². The van der Waals surface area contributed by atoms with Gasteiger partial charge < -0.3 is 4.42 Å². The quantitative estimate of drug-likeness (QED) is 0.127. The molecule has 0 saturated heterocycles. The molecule has 13 aromatic rings. The second-order valence-corrected chi connectivity index (χ2v) is 18.7. The summed E-state index contributed by atoms with van der Waals surface area (Å²) >= 11 is 0. The van der Waals surface area contributed by atoms with Gasteiger partial charge in [-0.15, -0.1) is 0 Å². The Hall–Kier alpha value is -8.26. The van der Waals surface area contributed by atoms with Crippen molar-refractivity contribution < 1.29 is 4.42 Å². The molecule has 1 heteroatoms. The first-order chi connectivity index (χ1) is 32.5. The fourth-order valence-electron chi connectivity index (χ4n) is 11.9. The molecule has 308 valence electrons. The lowest BCUT2D eigenvalue weighted by molar-refractivity contribution is 0.666. The van der Waals surface area contributed by atoms with Gasteiger partial charge in [0, 0.05) is 16.2 Å². The smallest absolute Gasteiger partial charge is 0.135 e. The largest absolute Gasteiger partial charge is 0.456 e. The fraction of sp³-hybridized carbons (Fsp3) is 0.0462. The molecule has 1 aliphatic carbocycles. The third-order valence-electron chi connectivity index (χ3n) is 14.8. The lowest BCUT2D eigenvalue weighted by Crippen LogP contribution is -2.15. The first kappa shape index (κ1) is 37.1. The monoisotopic (exact) mass is 838 g/mol. The average molecular weight is 839 g/mol. The van der Waals surface area contributed by atoms with Crippen molar-refractivity contribution in [1.29, 1.82) is 0 Å². The van der Waals surface area contributed by atoms with Crippen LogP contribution >= 0.6 is 0 Å². The number of furan rings is 1. The highest BCUT2D eigenvalue weighted by molar-refractivity contribution is 6.24. The number of fused-ring (bicyclic) bond motifs is 13. The van der Waals surface area contributed by atoms with Crippen molar-refractivity contribution in [2.24, 2.45) is 0 Å². The highest BCUT2D eigenvalue weighted by Gasteiger charge is 2.37. The first-order valence-corrected chi connectivity index (χ1v) is 23.1. The molecule has 0 amide bonds. The molecule has 0 radical (unpaired) electrons. The van der Waals surface area contributed by atoms with Gasteiger partial charge in [0.1, 0.15) is 11.2 Å². The highest BCUT2D eigenvalue weighted by Crippen LogP contribution is 2.53. The van der Waals surface area contributed by atoms with Gasteiger partial charge in [0.15, 0.2) is 0 Å². The minimum atomic E-state index is -0.0901. The molecule has 66 heavy (non-hydrogen) atoms. The second kappa shape index (κ2) is 13.9. The van der Waals surface area contributed by atoms with Crippen LogP contribution in [0.3, 0.4) is 0 Å². The molecule has 0 fully saturated rings. The van der Waals surface area contributed by atoms with Crippen LogP contribution in [0.2, 0.25) is 0 Å². The lowest BCUT2D eigenvalue weighted by Gasteiger charge is -2.23. The Bertz CT molecular complexity index is 4140. The Balaban J connectivity index is 0.943. The van der Waals surface area contributed by atoms with Crippen LogP contribution in [0.25, 0.3) is 131 Å². The third-order valence-corrected chi connectivity index (χ3v) is 14.8. The van der Waals surface area contributed by atoms with Gasteiger partial charge in [-0.2, -0.15) is 0 Å². The topological polar surface area (TPSA) is 13.1 Å². The van der Waals surface area contributed by atoms with Crippen molar-refractivity contribution in [3.63, 3.8) is 0 Å². The van der Waals surface area contributed by atoms with Crippen molar-refractivity contribution in [2.45, 2.75) is 19.3 Å². The van der Waals surface area contributed by atoms with Gasteiger partial charge in [-0.3, -0.25) is 0 Å². The molecule has 0 bridgehead atoms. The highest BCUT2D eigenvalue weighted by atomic mass is 16.3. The van der Waals surface area contributed by atoms with E-state index in [2.05, 4.69) is 232 Å². The molecule has 12 aromatic carbocycles. The molecule has 0 unspecified atom stereocenters. The molecule has 14 rings (SSSR count). The van der Waals surface area contributed by atoms with E-state index < -0.39 is 0 Å². The van der Waals surface area contributed by atoms with E-state index in [0.717, 1.165) is 21.9 Å². The van der Waals surface area contributed by atoms with E-state index in [1.165, 1.54) is 121 Å². The van der Waals surface area contributed by atoms with Crippen LogP contribution in [0.1, 0.15) is 25.0 Å². The first-order valence-electron chi connectivity index (χ1n) is 23.1. The van der Waals surface area contributed by atoms with Crippen LogP contribution in [-0.4, -0.2) is 0 Å². The summed E-state index contributed by atoms with van der Waals surface area (Å²) in [5, 5.41) is 14.9. The Labute approximate surface area is 382 Å². The summed E-state index contributed by atoms with van der Waals surface area (Å²) in [5.74, 6) is 0. The predicted molar refractivity (Wildman–Crippen MR) is 281 cm³/mol. The lowest BCUT2D eigenvalue weighted by atomic mass is 9.80. The summed E-state index contributed by atoms with van der Waals surface area (Å²) in [7, 11) is 0. The molecule has 0 N–H and O–H groups in total. The Morgan fingerprint density at radius 2 is 0.803 bits per heavy atom. The summed E-state index contributed by atoms with van der Waals surface area (Å²) in [4.78, 5) is 0. The van der Waals surface area contributed by atoms with E-state index in [-0.39, 0.29) is 5.41 Å². The van der Waals surface area contributed by atoms with E-state index in [4.69, 9.17) is 4.42 Å². The van der Waals surface area contributed by atoms with Gasteiger partial charge in [-0.05, 0) is 157 Å². The van der Waals surface area contributed by atoms with Crippen LogP contribution in [0, 0.1) is 0 Å². The summed E-state index contributed by atoms with van der Waals surface area (Å²) in [6.45, 7) is 4.75. The number of rotatable bonds is 4. The zero-order chi connectivity index (χ0) is 43.7. The minimum Gasteiger partial charge on any atom is -0.456 e. The van der Waals surface area contributed by atoms with Crippen molar-refractivity contribution in [3.8, 4) is 55.6 Å². The Kier molecular flexibility index (Phi) is 7.81. The number of hydrogen-bond acceptors (Lipinski definition) is 1. The van der Waals surface area contributed by atoms with Gasteiger partial charge >= 0.3 is 0 Å². The van der Waals surface area contributed by atoms with Gasteiger partial charge in [0.25, 0.3) is 0 Å². The van der Waals surface area contributed by atoms with E-state index >= 15 is 0 Å². The predicted octanol–water partition coefficient (Wildman–Crippen LogP) is 18.3. The van der Waals surface area contributed by atoms with Crippen LogP contribution in [0.15, 0.2) is 223 Å². The maximum Gasteiger partial charge on any atom is 0.135 e. The van der Waals surface area contributed by atoms with Crippen molar-refractivity contribution in [1.82, 2.24) is 0 Å². The zero-order valence-electron chi connectivity index (χ0n) is 36.7. The summed E-state index contributed by atoms with van der Waals surface area (Å²) < 4.78 is 6.59. The second-order valence-electron chi connectivity index (χ2n) is 18.7. The Morgan fingerprint density at radius 1 is 0.288 bits per heavy atom. The third kappa shape index (κ3) is 5.29. The van der Waals surface area contributed by atoms with Gasteiger partial charge in [-0.1, -0.05) is 196 Å². The van der Waals surface area contributed by atoms with E-state index in [9.17, 15) is 0 Å². The zero-order valence-corrected chi connectivity index (χ0v) is 36.7. The normalized spacial score (nSPS) is 13.1. The molecule has 0 spiro atoms. The van der Waals surface area contributed by atoms with Crippen LogP contribution < -0.4 is 0 Å². The molecule has 1 heterocycles. The standard InChI is InChI=1S/C65H42O/c1-65(2)59-32-28-40(35-56(59)54-31-27-39-15-3-6-18-45(39)64(54)65)41-29-33-60-57(36-41)58-38-43(30-34-61(58)66-60)62-50-23-11-13-25-52(50)63(53-26-14-12-24-51(53)62)49-22-10-9-21-48(49)55-37-42-16-4-5-17-44(42)46-19-7-8-20-47(46)55/h3-38H,1-2H3. The van der Waals surface area contributed by atoms with Crippen LogP contribution in [-0.2, 0) is 5.41 Å². The van der Waals surface area contributed by atoms with Crippen molar-refractivity contribution >= 4 is 75.8 Å². The van der Waals surface area contributed by atoms with Gasteiger partial charge in [-0.25, -0.2) is 0 Å². The Morgan fingerprint density at radius 3 is 1.52 bits per heavy atom. The van der Waals surface area contributed by atoms with Crippen molar-refractivity contribution in [2.75, 3.05) is 0 Å². The van der Waals surface area contributed by atoms with E-state index in [1.807, 2.05) is 0 Å². The molecular formula is C65H42O. The minimum absolute atomic E-state index is 0.0901. The molecule has 0 atom stereocenters. The summed E-state index contributed by atoms with van der Waals surface area (Å²) in [6.07, 6.45) is 0. The maximum atomic E-state index is 6.59. The molecule has 0 aliphatic heterocycles. The maximum absolute atomic E-state index is 6.59. The fourth-order valence-corrected chi connectivity index (χ4v) is 11.9. The molecule has 1 nitrogen and oxygen atoms in total. The molecule has 1 aliphatic rings. The molecule has 0 saturated carbocycles. The summed E-state index contributed by atoms with van der Waals surface area (Å²) in [5.41, 5.74) is 16.9. The number of benzene rings is 12. The van der Waals surface area contributed by atoms with E-state index in [0.29, 0.717) is 0 Å². The molecular weight excluding hydrogens is 797 g/mol. The van der Waals surface area contributed by atoms with Crippen LogP contribution in [0.5, 0.6) is 0 Å². The van der Waals surface area contributed by atoms with Crippen molar-refractivity contribution in [3.05, 3.63) is 230 Å².